The number of carbonyl (C=O) groups excluding carboxylic acids is 1. The Morgan fingerprint density at radius 2 is 1.96 bits per heavy atom. The summed E-state index contributed by atoms with van der Waals surface area (Å²) in [6, 6.07) is 10.4. The van der Waals surface area contributed by atoms with E-state index >= 15 is 0 Å². The molecule has 1 atom stereocenters. The molecule has 0 radical (unpaired) electrons. The number of aromatic nitrogens is 3. The third-order valence-corrected chi connectivity index (χ3v) is 4.80. The fourth-order valence-electron chi connectivity index (χ4n) is 3.32. The number of likely N-dealkylation sites (tertiary alicyclic amines) is 1. The quantitative estimate of drug-likeness (QED) is 0.894. The highest BCUT2D eigenvalue weighted by Crippen LogP contribution is 2.22. The molecule has 1 aliphatic heterocycles. The van der Waals surface area contributed by atoms with E-state index in [-0.39, 0.29) is 12.1 Å². The van der Waals surface area contributed by atoms with Gasteiger partial charge in [0.15, 0.2) is 0 Å². The molecule has 2 aromatic rings. The van der Waals surface area contributed by atoms with Crippen molar-refractivity contribution in [2.75, 3.05) is 27.2 Å². The Labute approximate surface area is 155 Å². The molecule has 7 nitrogen and oxygen atoms in total. The van der Waals surface area contributed by atoms with Gasteiger partial charge in [0, 0.05) is 19.6 Å². The summed E-state index contributed by atoms with van der Waals surface area (Å²) in [5.41, 5.74) is 2.10. The highest BCUT2D eigenvalue weighted by Gasteiger charge is 2.25. The molecular formula is C19H28N6O. The second-order valence-corrected chi connectivity index (χ2v) is 7.23. The molecule has 1 saturated heterocycles. The van der Waals surface area contributed by atoms with E-state index < -0.39 is 0 Å². The van der Waals surface area contributed by atoms with Gasteiger partial charge in [0.2, 0.25) is 0 Å². The fourth-order valence-corrected chi connectivity index (χ4v) is 3.32. The lowest BCUT2D eigenvalue weighted by Gasteiger charge is -2.32. The Morgan fingerprint density at radius 3 is 2.62 bits per heavy atom. The lowest BCUT2D eigenvalue weighted by molar-refractivity contribution is 0.165. The van der Waals surface area contributed by atoms with Crippen molar-refractivity contribution < 1.29 is 4.79 Å². The maximum atomic E-state index is 12.5. The molecule has 1 aromatic carbocycles. The van der Waals surface area contributed by atoms with Gasteiger partial charge in [-0.05, 0) is 39.4 Å². The van der Waals surface area contributed by atoms with Crippen molar-refractivity contribution in [1.29, 1.82) is 0 Å². The summed E-state index contributed by atoms with van der Waals surface area (Å²) in [6.45, 7) is 4.28. The van der Waals surface area contributed by atoms with Gasteiger partial charge in [0.25, 0.3) is 0 Å². The van der Waals surface area contributed by atoms with Crippen LogP contribution in [-0.2, 0) is 6.54 Å². The van der Waals surface area contributed by atoms with Crippen molar-refractivity contribution in [2.45, 2.75) is 38.4 Å². The van der Waals surface area contributed by atoms with Gasteiger partial charge in [-0.3, -0.25) is 0 Å². The smallest absolute Gasteiger partial charge is 0.317 e. The number of rotatable bonds is 5. The number of amides is 2. The third-order valence-electron chi connectivity index (χ3n) is 4.80. The largest absolute Gasteiger partial charge is 0.331 e. The van der Waals surface area contributed by atoms with Gasteiger partial charge in [-0.15, -0.1) is 5.10 Å². The zero-order valence-electron chi connectivity index (χ0n) is 15.8. The van der Waals surface area contributed by atoms with Crippen LogP contribution in [0, 0.1) is 0 Å². The van der Waals surface area contributed by atoms with Crippen LogP contribution in [0.4, 0.5) is 4.79 Å². The van der Waals surface area contributed by atoms with Crippen molar-refractivity contribution in [3.8, 4) is 0 Å². The van der Waals surface area contributed by atoms with Crippen molar-refractivity contribution in [1.82, 2.24) is 30.1 Å². The van der Waals surface area contributed by atoms with Crippen LogP contribution in [0.3, 0.4) is 0 Å². The van der Waals surface area contributed by atoms with E-state index in [9.17, 15) is 4.79 Å². The highest BCUT2D eigenvalue weighted by atomic mass is 16.2. The van der Waals surface area contributed by atoms with Crippen LogP contribution in [0.25, 0.3) is 0 Å². The third kappa shape index (κ3) is 4.60. The number of piperidine rings is 1. The Morgan fingerprint density at radius 1 is 1.27 bits per heavy atom. The van der Waals surface area contributed by atoms with Crippen LogP contribution >= 0.6 is 0 Å². The van der Waals surface area contributed by atoms with Gasteiger partial charge < -0.3 is 15.1 Å². The molecule has 0 aliphatic carbocycles. The Bertz CT molecular complexity index is 706. The van der Waals surface area contributed by atoms with Crippen LogP contribution in [0.1, 0.15) is 43.1 Å². The second kappa shape index (κ2) is 8.31. The average molecular weight is 356 g/mol. The zero-order chi connectivity index (χ0) is 18.5. The minimum absolute atomic E-state index is 0.00494. The monoisotopic (exact) mass is 356 g/mol. The molecule has 0 bridgehead atoms. The van der Waals surface area contributed by atoms with Crippen molar-refractivity contribution in [3.05, 3.63) is 47.8 Å². The molecule has 0 saturated carbocycles. The summed E-state index contributed by atoms with van der Waals surface area (Å²) in [6.07, 6.45) is 3.83. The maximum absolute atomic E-state index is 12.5. The van der Waals surface area contributed by atoms with E-state index in [0.717, 1.165) is 43.7 Å². The average Bonchev–Trinajstić information content (AvgIpc) is 3.10. The molecule has 1 aliphatic rings. The maximum Gasteiger partial charge on any atom is 0.317 e. The number of hydrogen-bond donors (Lipinski definition) is 1. The van der Waals surface area contributed by atoms with E-state index in [0.29, 0.717) is 6.04 Å². The molecule has 7 heteroatoms. The minimum atomic E-state index is 0.00494. The normalized spacial score (nSPS) is 16.7. The molecule has 2 amide bonds. The first-order chi connectivity index (χ1) is 12.5. The molecule has 1 fully saturated rings. The van der Waals surface area contributed by atoms with E-state index in [1.165, 1.54) is 0 Å². The Kier molecular flexibility index (Phi) is 5.88. The van der Waals surface area contributed by atoms with Gasteiger partial charge >= 0.3 is 6.03 Å². The standard InChI is InChI=1S/C19H28N6O/c1-15(16-7-5-4-6-8-16)20-19(26)24-11-9-18(10-12-24)25-14-17(21-22-25)13-23(2)3/h4-8,14-15,18H,9-13H2,1-3H3,(H,20,26)/t15-/m0/s1. The number of carbonyl (C=O) groups is 1. The van der Waals surface area contributed by atoms with Gasteiger partial charge in [0.1, 0.15) is 0 Å². The first-order valence-corrected chi connectivity index (χ1v) is 9.18. The topological polar surface area (TPSA) is 66.3 Å². The molecule has 2 heterocycles. The van der Waals surface area contributed by atoms with E-state index in [4.69, 9.17) is 0 Å². The highest BCUT2D eigenvalue weighted by molar-refractivity contribution is 5.74. The minimum Gasteiger partial charge on any atom is -0.331 e. The van der Waals surface area contributed by atoms with Crippen molar-refractivity contribution in [3.63, 3.8) is 0 Å². The second-order valence-electron chi connectivity index (χ2n) is 7.23. The lowest BCUT2D eigenvalue weighted by Crippen LogP contribution is -2.45. The van der Waals surface area contributed by atoms with E-state index in [1.807, 2.05) is 67.1 Å². The first-order valence-electron chi connectivity index (χ1n) is 9.18. The molecular weight excluding hydrogens is 328 g/mol. The fraction of sp³-hybridized carbons (Fsp3) is 0.526. The zero-order valence-corrected chi connectivity index (χ0v) is 15.8. The van der Waals surface area contributed by atoms with Gasteiger partial charge in [0.05, 0.1) is 24.0 Å². The summed E-state index contributed by atoms with van der Waals surface area (Å²) in [7, 11) is 4.04. The van der Waals surface area contributed by atoms with Gasteiger partial charge in [-0.1, -0.05) is 35.5 Å². The van der Waals surface area contributed by atoms with Crippen molar-refractivity contribution >= 4 is 6.03 Å². The summed E-state index contributed by atoms with van der Waals surface area (Å²) in [5.74, 6) is 0. The Hall–Kier alpha value is -2.41. The molecule has 3 rings (SSSR count). The SMILES string of the molecule is C[C@H](NC(=O)N1CCC(n2cc(CN(C)C)nn2)CC1)c1ccccc1. The number of nitrogens with one attached hydrogen (secondary N) is 1. The van der Waals surface area contributed by atoms with E-state index in [2.05, 4.69) is 20.5 Å². The van der Waals surface area contributed by atoms with Crippen molar-refractivity contribution in [2.24, 2.45) is 0 Å². The van der Waals surface area contributed by atoms with Gasteiger partial charge in [-0.2, -0.15) is 0 Å². The van der Waals surface area contributed by atoms with Gasteiger partial charge in [-0.25, -0.2) is 9.48 Å². The lowest BCUT2D eigenvalue weighted by atomic mass is 10.1. The van der Waals surface area contributed by atoms with Crippen LogP contribution in [0.15, 0.2) is 36.5 Å². The molecule has 26 heavy (non-hydrogen) atoms. The first kappa shape index (κ1) is 18.4. The number of nitrogens with zero attached hydrogens (tertiary/aromatic N) is 5. The number of urea groups is 1. The molecule has 0 spiro atoms. The Balaban J connectivity index is 1.50. The van der Waals surface area contributed by atoms with Crippen LogP contribution in [0.2, 0.25) is 0 Å². The summed E-state index contributed by atoms with van der Waals surface area (Å²) >= 11 is 0. The molecule has 0 unspecified atom stereocenters. The predicted octanol–water partition coefficient (Wildman–Crippen LogP) is 2.45. The molecule has 1 N–H and O–H groups in total. The summed E-state index contributed by atoms with van der Waals surface area (Å²) in [4.78, 5) is 16.5. The number of benzene rings is 1. The molecule has 140 valence electrons. The molecule has 1 aromatic heterocycles. The number of hydrogen-bond acceptors (Lipinski definition) is 4. The van der Waals surface area contributed by atoms with E-state index in [1.54, 1.807) is 0 Å². The van der Waals surface area contributed by atoms with Crippen LogP contribution < -0.4 is 5.32 Å². The summed E-state index contributed by atoms with van der Waals surface area (Å²) in [5, 5.41) is 11.6. The van der Waals surface area contributed by atoms with Crippen LogP contribution in [0.5, 0.6) is 0 Å². The van der Waals surface area contributed by atoms with Crippen LogP contribution in [-0.4, -0.2) is 58.0 Å². The predicted molar refractivity (Wildman–Crippen MR) is 101 cm³/mol. The summed E-state index contributed by atoms with van der Waals surface area (Å²) < 4.78 is 1.96.